The van der Waals surface area contributed by atoms with Crippen molar-refractivity contribution in [1.29, 1.82) is 0 Å². The van der Waals surface area contributed by atoms with Gasteiger partial charge in [-0.2, -0.15) is 26.3 Å². The first-order valence-corrected chi connectivity index (χ1v) is 5.80. The lowest BCUT2D eigenvalue weighted by Gasteiger charge is -2.21. The first-order valence-electron chi connectivity index (χ1n) is 5.80. The van der Waals surface area contributed by atoms with E-state index < -0.39 is 29.6 Å². The second-order valence-electron chi connectivity index (χ2n) is 4.65. The molecule has 1 fully saturated rings. The molecule has 0 unspecified atom stereocenters. The van der Waals surface area contributed by atoms with Crippen LogP contribution in [0.2, 0.25) is 0 Å². The number of aliphatic hydroxyl groups excluding tert-OH is 1. The third kappa shape index (κ3) is 3.17. The minimum Gasteiger partial charge on any atom is -0.391 e. The maximum Gasteiger partial charge on any atom is 0.416 e. The van der Waals surface area contributed by atoms with Crippen LogP contribution < -0.4 is 4.90 Å². The Bertz CT molecular complexity index is 463. The normalized spacial score (nSPS) is 20.6. The summed E-state index contributed by atoms with van der Waals surface area (Å²) in [5.74, 6) is 0. The molecule has 0 radical (unpaired) electrons. The van der Waals surface area contributed by atoms with Gasteiger partial charge >= 0.3 is 12.4 Å². The molecular weight excluding hydrogens is 288 g/mol. The monoisotopic (exact) mass is 299 g/mol. The van der Waals surface area contributed by atoms with Crippen molar-refractivity contribution in [1.82, 2.24) is 0 Å². The zero-order valence-electron chi connectivity index (χ0n) is 10.1. The molecule has 1 aliphatic heterocycles. The fourth-order valence-corrected chi connectivity index (χ4v) is 2.10. The fourth-order valence-electron chi connectivity index (χ4n) is 2.10. The average molecular weight is 299 g/mol. The summed E-state index contributed by atoms with van der Waals surface area (Å²) < 4.78 is 76.0. The SMILES string of the molecule is O[C@H]1CCN(c2cc(C(F)(F)F)cc(C(F)(F)F)c2)C1. The minimum atomic E-state index is -4.85. The number of hydrogen-bond donors (Lipinski definition) is 1. The highest BCUT2D eigenvalue weighted by Gasteiger charge is 2.37. The van der Waals surface area contributed by atoms with Crippen LogP contribution >= 0.6 is 0 Å². The summed E-state index contributed by atoms with van der Waals surface area (Å²) >= 11 is 0. The molecule has 20 heavy (non-hydrogen) atoms. The van der Waals surface area contributed by atoms with Crippen LogP contribution in [0.5, 0.6) is 0 Å². The molecule has 1 aromatic rings. The Morgan fingerprint density at radius 1 is 0.950 bits per heavy atom. The van der Waals surface area contributed by atoms with Gasteiger partial charge in [-0.15, -0.1) is 0 Å². The molecule has 0 amide bonds. The molecule has 1 heterocycles. The van der Waals surface area contributed by atoms with Gasteiger partial charge in [-0.05, 0) is 24.6 Å². The van der Waals surface area contributed by atoms with E-state index >= 15 is 0 Å². The Morgan fingerprint density at radius 2 is 1.45 bits per heavy atom. The number of rotatable bonds is 1. The van der Waals surface area contributed by atoms with Crippen molar-refractivity contribution < 1.29 is 31.4 Å². The molecule has 0 spiro atoms. The summed E-state index contributed by atoms with van der Waals surface area (Å²) in [6.07, 6.45) is -10.1. The molecule has 0 aromatic heterocycles. The van der Waals surface area contributed by atoms with E-state index in [1.54, 1.807) is 0 Å². The van der Waals surface area contributed by atoms with Crippen LogP contribution in [0.3, 0.4) is 0 Å². The van der Waals surface area contributed by atoms with Gasteiger partial charge in [-0.25, -0.2) is 0 Å². The zero-order valence-corrected chi connectivity index (χ0v) is 10.1. The van der Waals surface area contributed by atoms with Gasteiger partial charge in [-0.1, -0.05) is 0 Å². The van der Waals surface area contributed by atoms with Crippen LogP contribution in [-0.4, -0.2) is 24.3 Å². The lowest BCUT2D eigenvalue weighted by molar-refractivity contribution is -0.143. The average Bonchev–Trinajstić information content (AvgIpc) is 2.73. The Labute approximate surface area is 110 Å². The van der Waals surface area contributed by atoms with E-state index in [0.717, 1.165) is 0 Å². The van der Waals surface area contributed by atoms with Crippen molar-refractivity contribution in [2.45, 2.75) is 24.9 Å². The fraction of sp³-hybridized carbons (Fsp3) is 0.500. The summed E-state index contributed by atoms with van der Waals surface area (Å²) in [4.78, 5) is 1.31. The van der Waals surface area contributed by atoms with Crippen molar-refractivity contribution in [2.24, 2.45) is 0 Å². The molecule has 2 nitrogen and oxygen atoms in total. The number of alkyl halides is 6. The number of aliphatic hydroxyl groups is 1. The van der Waals surface area contributed by atoms with Gasteiger partial charge in [-0.3, -0.25) is 0 Å². The lowest BCUT2D eigenvalue weighted by atomic mass is 10.1. The number of hydrogen-bond acceptors (Lipinski definition) is 2. The van der Waals surface area contributed by atoms with Crippen LogP contribution in [0.4, 0.5) is 32.0 Å². The highest BCUT2D eigenvalue weighted by molar-refractivity contribution is 5.53. The third-order valence-corrected chi connectivity index (χ3v) is 3.10. The number of anilines is 1. The Morgan fingerprint density at radius 3 is 1.80 bits per heavy atom. The van der Waals surface area contributed by atoms with E-state index in [9.17, 15) is 31.4 Å². The molecule has 0 saturated carbocycles. The summed E-state index contributed by atoms with van der Waals surface area (Å²) in [5, 5.41) is 9.33. The van der Waals surface area contributed by atoms with Gasteiger partial charge in [0.2, 0.25) is 0 Å². The van der Waals surface area contributed by atoms with Crippen molar-refractivity contribution in [3.8, 4) is 0 Å². The highest BCUT2D eigenvalue weighted by Crippen LogP contribution is 2.38. The van der Waals surface area contributed by atoms with Gasteiger partial charge < -0.3 is 10.0 Å². The Kier molecular flexibility index (Phi) is 3.62. The molecule has 1 aliphatic rings. The van der Waals surface area contributed by atoms with Crippen LogP contribution in [0, 0.1) is 0 Å². The van der Waals surface area contributed by atoms with E-state index in [4.69, 9.17) is 0 Å². The van der Waals surface area contributed by atoms with Gasteiger partial charge in [0, 0.05) is 18.8 Å². The predicted molar refractivity (Wildman–Crippen MR) is 59.3 cm³/mol. The molecule has 1 N–H and O–H groups in total. The largest absolute Gasteiger partial charge is 0.416 e. The topological polar surface area (TPSA) is 23.5 Å². The number of benzene rings is 1. The summed E-state index contributed by atoms with van der Waals surface area (Å²) in [6.45, 7) is 0.248. The summed E-state index contributed by atoms with van der Waals surface area (Å²) in [5.41, 5.74) is -2.86. The van der Waals surface area contributed by atoms with Crippen molar-refractivity contribution in [2.75, 3.05) is 18.0 Å². The second-order valence-corrected chi connectivity index (χ2v) is 4.65. The molecule has 0 bridgehead atoms. The van der Waals surface area contributed by atoms with Gasteiger partial charge in [0.1, 0.15) is 0 Å². The van der Waals surface area contributed by atoms with Gasteiger partial charge in [0.15, 0.2) is 0 Å². The molecular formula is C12H11F6NO. The molecule has 8 heteroatoms. The van der Waals surface area contributed by atoms with E-state index in [1.165, 1.54) is 4.90 Å². The second kappa shape index (κ2) is 4.83. The Hall–Kier alpha value is -1.44. The summed E-state index contributed by atoms with van der Waals surface area (Å²) in [6, 6.07) is 1.44. The lowest BCUT2D eigenvalue weighted by Crippen LogP contribution is -2.22. The third-order valence-electron chi connectivity index (χ3n) is 3.10. The maximum atomic E-state index is 12.7. The van der Waals surface area contributed by atoms with Gasteiger partial charge in [0.25, 0.3) is 0 Å². The minimum absolute atomic E-state index is 0.0264. The van der Waals surface area contributed by atoms with Crippen LogP contribution in [0.15, 0.2) is 18.2 Å². The van der Waals surface area contributed by atoms with Crippen molar-refractivity contribution in [3.63, 3.8) is 0 Å². The first kappa shape index (κ1) is 15.0. The number of halogens is 6. The smallest absolute Gasteiger partial charge is 0.391 e. The maximum absolute atomic E-state index is 12.7. The van der Waals surface area contributed by atoms with E-state index in [0.29, 0.717) is 18.6 Å². The van der Waals surface area contributed by atoms with Crippen molar-refractivity contribution >= 4 is 5.69 Å². The molecule has 1 aromatic carbocycles. The molecule has 1 saturated heterocycles. The van der Waals surface area contributed by atoms with E-state index in [-0.39, 0.29) is 24.8 Å². The van der Waals surface area contributed by atoms with Crippen LogP contribution in [0.25, 0.3) is 0 Å². The molecule has 1 atom stereocenters. The summed E-state index contributed by atoms with van der Waals surface area (Å²) in [7, 11) is 0. The van der Waals surface area contributed by atoms with Crippen LogP contribution in [-0.2, 0) is 12.4 Å². The van der Waals surface area contributed by atoms with Crippen molar-refractivity contribution in [3.05, 3.63) is 29.3 Å². The highest BCUT2D eigenvalue weighted by atomic mass is 19.4. The molecule has 0 aliphatic carbocycles. The first-order chi connectivity index (χ1) is 9.07. The van der Waals surface area contributed by atoms with Gasteiger partial charge in [0.05, 0.1) is 17.2 Å². The van der Waals surface area contributed by atoms with E-state index in [1.807, 2.05) is 0 Å². The zero-order chi connectivity index (χ0) is 15.1. The number of nitrogens with zero attached hydrogens (tertiary/aromatic N) is 1. The quantitative estimate of drug-likeness (QED) is 0.804. The Balaban J connectivity index is 2.46. The molecule has 112 valence electrons. The van der Waals surface area contributed by atoms with E-state index in [2.05, 4.69) is 0 Å². The molecule has 2 rings (SSSR count). The van der Waals surface area contributed by atoms with Crippen LogP contribution in [0.1, 0.15) is 17.5 Å². The predicted octanol–water partition coefficient (Wildman–Crippen LogP) is 3.30. The number of β-amino-alcohol motifs (C(OH)–C–C–N with tert-alkyl or cyclic N) is 1. The standard InChI is InChI=1S/C12H11F6NO/c13-11(14,15)7-3-8(12(16,17)18)5-9(4-7)19-2-1-10(20)6-19/h3-5,10,20H,1-2,6H2/t10-/m0/s1.